The van der Waals surface area contributed by atoms with E-state index in [9.17, 15) is 9.59 Å². The van der Waals surface area contributed by atoms with Gasteiger partial charge >= 0.3 is 5.97 Å². The second-order valence-corrected chi connectivity index (χ2v) is 5.83. The van der Waals surface area contributed by atoms with E-state index in [-0.39, 0.29) is 11.9 Å². The number of rotatable bonds is 5. The summed E-state index contributed by atoms with van der Waals surface area (Å²) < 4.78 is 6.74. The van der Waals surface area contributed by atoms with Crippen molar-refractivity contribution in [3.8, 4) is 11.4 Å². The van der Waals surface area contributed by atoms with E-state index in [1.165, 1.54) is 14.0 Å². The lowest BCUT2D eigenvalue weighted by molar-refractivity contribution is -0.114. The minimum absolute atomic E-state index is 0.102. The quantitative estimate of drug-likeness (QED) is 0.717. The molecule has 3 rings (SSSR count). The molecule has 2 aromatic carbocycles. The highest BCUT2D eigenvalue weighted by atomic mass is 16.5. The summed E-state index contributed by atoms with van der Waals surface area (Å²) in [6.07, 6.45) is 3.66. The van der Waals surface area contributed by atoms with Crippen LogP contribution < -0.4 is 5.32 Å². The molecule has 3 aromatic rings. The summed E-state index contributed by atoms with van der Waals surface area (Å²) in [6.45, 7) is 2.11. The van der Waals surface area contributed by atoms with Gasteiger partial charge in [-0.1, -0.05) is 12.1 Å². The largest absolute Gasteiger partial charge is 0.465 e. The van der Waals surface area contributed by atoms with Gasteiger partial charge in [-0.2, -0.15) is 0 Å². The van der Waals surface area contributed by atoms with E-state index in [0.29, 0.717) is 12.1 Å². The van der Waals surface area contributed by atoms with E-state index in [4.69, 9.17) is 4.74 Å². The minimum Gasteiger partial charge on any atom is -0.465 e. The van der Waals surface area contributed by atoms with Crippen molar-refractivity contribution in [2.75, 3.05) is 12.4 Å². The SMILES string of the molecule is COC(=O)c1ccc(Cn2ccnc2-c2ccc(NC(C)=O)cc2)cc1. The molecule has 132 valence electrons. The van der Waals surface area contributed by atoms with Crippen molar-refractivity contribution >= 4 is 17.6 Å². The van der Waals surface area contributed by atoms with E-state index in [1.54, 1.807) is 18.3 Å². The summed E-state index contributed by atoms with van der Waals surface area (Å²) in [5.74, 6) is 0.380. The second kappa shape index (κ2) is 7.65. The molecule has 0 spiro atoms. The molecule has 0 aliphatic carbocycles. The number of methoxy groups -OCH3 is 1. The van der Waals surface area contributed by atoms with Crippen LogP contribution in [0.3, 0.4) is 0 Å². The summed E-state index contributed by atoms with van der Waals surface area (Å²) >= 11 is 0. The summed E-state index contributed by atoms with van der Waals surface area (Å²) in [5, 5.41) is 2.75. The fourth-order valence-corrected chi connectivity index (χ4v) is 2.66. The Morgan fingerprint density at radius 2 is 1.77 bits per heavy atom. The number of anilines is 1. The van der Waals surface area contributed by atoms with Gasteiger partial charge in [0.1, 0.15) is 5.82 Å². The van der Waals surface area contributed by atoms with Gasteiger partial charge in [0.15, 0.2) is 0 Å². The van der Waals surface area contributed by atoms with Crippen LogP contribution in [-0.2, 0) is 16.1 Å². The first-order valence-corrected chi connectivity index (χ1v) is 8.13. The molecule has 6 heteroatoms. The molecule has 0 saturated heterocycles. The lowest BCUT2D eigenvalue weighted by atomic mass is 10.1. The number of hydrogen-bond acceptors (Lipinski definition) is 4. The minimum atomic E-state index is -0.348. The standard InChI is InChI=1S/C20H19N3O3/c1-14(24)22-18-9-7-16(8-10-18)19-21-11-12-23(19)13-15-3-5-17(6-4-15)20(25)26-2/h3-12H,13H2,1-2H3,(H,22,24). The van der Waals surface area contributed by atoms with Crippen molar-refractivity contribution in [1.82, 2.24) is 9.55 Å². The number of carbonyl (C=O) groups is 2. The number of carbonyl (C=O) groups excluding carboxylic acids is 2. The maximum Gasteiger partial charge on any atom is 0.337 e. The first kappa shape index (κ1) is 17.4. The number of imidazole rings is 1. The van der Waals surface area contributed by atoms with Gasteiger partial charge in [-0.15, -0.1) is 0 Å². The molecule has 6 nitrogen and oxygen atoms in total. The van der Waals surface area contributed by atoms with Crippen LogP contribution in [0.4, 0.5) is 5.69 Å². The van der Waals surface area contributed by atoms with Gasteiger partial charge in [-0.3, -0.25) is 4.79 Å². The summed E-state index contributed by atoms with van der Waals surface area (Å²) in [6, 6.07) is 14.8. The van der Waals surface area contributed by atoms with Crippen LogP contribution in [0.2, 0.25) is 0 Å². The maximum absolute atomic E-state index is 11.5. The molecule has 26 heavy (non-hydrogen) atoms. The number of hydrogen-bond donors (Lipinski definition) is 1. The zero-order chi connectivity index (χ0) is 18.5. The molecule has 0 fully saturated rings. The predicted octanol–water partition coefficient (Wildman–Crippen LogP) is 3.34. The van der Waals surface area contributed by atoms with Gasteiger partial charge < -0.3 is 14.6 Å². The second-order valence-electron chi connectivity index (χ2n) is 5.83. The van der Waals surface area contributed by atoms with E-state index >= 15 is 0 Å². The average molecular weight is 349 g/mol. The molecule has 1 heterocycles. The molecule has 1 amide bonds. The van der Waals surface area contributed by atoms with E-state index in [1.807, 2.05) is 47.2 Å². The van der Waals surface area contributed by atoms with Gasteiger partial charge in [0, 0.05) is 37.1 Å². The van der Waals surface area contributed by atoms with Gasteiger partial charge in [-0.25, -0.2) is 9.78 Å². The molecule has 0 unspecified atom stereocenters. The number of esters is 1. The van der Waals surface area contributed by atoms with Crippen molar-refractivity contribution in [3.05, 3.63) is 72.1 Å². The summed E-state index contributed by atoms with van der Waals surface area (Å²) in [5.41, 5.74) is 3.27. The Labute approximate surface area is 151 Å². The van der Waals surface area contributed by atoms with Crippen LogP contribution in [0.1, 0.15) is 22.8 Å². The van der Waals surface area contributed by atoms with Crippen LogP contribution in [-0.4, -0.2) is 28.5 Å². The highest BCUT2D eigenvalue weighted by molar-refractivity contribution is 5.89. The van der Waals surface area contributed by atoms with Crippen LogP contribution in [0, 0.1) is 0 Å². The van der Waals surface area contributed by atoms with Crippen molar-refractivity contribution in [1.29, 1.82) is 0 Å². The van der Waals surface area contributed by atoms with Crippen molar-refractivity contribution in [3.63, 3.8) is 0 Å². The Bertz CT molecular complexity index is 912. The Balaban J connectivity index is 1.78. The number of nitrogens with one attached hydrogen (secondary N) is 1. The lowest BCUT2D eigenvalue weighted by Crippen LogP contribution is -2.05. The van der Waals surface area contributed by atoms with Crippen LogP contribution in [0.15, 0.2) is 60.9 Å². The van der Waals surface area contributed by atoms with Crippen LogP contribution in [0.25, 0.3) is 11.4 Å². The molecule has 1 aromatic heterocycles. The number of ether oxygens (including phenoxy) is 1. The van der Waals surface area contributed by atoms with Crippen LogP contribution >= 0.6 is 0 Å². The highest BCUT2D eigenvalue weighted by Gasteiger charge is 2.08. The zero-order valence-corrected chi connectivity index (χ0v) is 14.6. The first-order valence-electron chi connectivity index (χ1n) is 8.13. The fourth-order valence-electron chi connectivity index (χ4n) is 2.66. The number of benzene rings is 2. The van der Waals surface area contributed by atoms with E-state index in [2.05, 4.69) is 10.3 Å². The number of amides is 1. The Morgan fingerprint density at radius 3 is 2.38 bits per heavy atom. The molecular formula is C20H19N3O3. The first-order chi connectivity index (χ1) is 12.6. The maximum atomic E-state index is 11.5. The lowest BCUT2D eigenvalue weighted by Gasteiger charge is -2.09. The molecule has 0 saturated carbocycles. The smallest absolute Gasteiger partial charge is 0.337 e. The predicted molar refractivity (Wildman–Crippen MR) is 98.9 cm³/mol. The molecule has 0 bridgehead atoms. The van der Waals surface area contributed by atoms with E-state index < -0.39 is 0 Å². The number of nitrogens with zero attached hydrogens (tertiary/aromatic N) is 2. The van der Waals surface area contributed by atoms with Gasteiger partial charge in [0.2, 0.25) is 5.91 Å². The summed E-state index contributed by atoms with van der Waals surface area (Å²) in [7, 11) is 1.37. The monoisotopic (exact) mass is 349 g/mol. The average Bonchev–Trinajstić information content (AvgIpc) is 3.10. The topological polar surface area (TPSA) is 73.2 Å². The molecule has 0 aliphatic rings. The highest BCUT2D eigenvalue weighted by Crippen LogP contribution is 2.21. The van der Waals surface area contributed by atoms with Crippen molar-refractivity contribution in [2.24, 2.45) is 0 Å². The molecule has 0 radical (unpaired) electrons. The van der Waals surface area contributed by atoms with E-state index in [0.717, 1.165) is 22.6 Å². The molecule has 0 atom stereocenters. The zero-order valence-electron chi connectivity index (χ0n) is 14.6. The molecular weight excluding hydrogens is 330 g/mol. The third kappa shape index (κ3) is 3.97. The van der Waals surface area contributed by atoms with Crippen molar-refractivity contribution in [2.45, 2.75) is 13.5 Å². The van der Waals surface area contributed by atoms with Gasteiger partial charge in [0.25, 0.3) is 0 Å². The Hall–Kier alpha value is -3.41. The third-order valence-corrected chi connectivity index (χ3v) is 3.91. The van der Waals surface area contributed by atoms with Gasteiger partial charge in [-0.05, 0) is 42.0 Å². The molecule has 1 N–H and O–H groups in total. The van der Waals surface area contributed by atoms with Gasteiger partial charge in [0.05, 0.1) is 12.7 Å². The fraction of sp³-hybridized carbons (Fsp3) is 0.150. The van der Waals surface area contributed by atoms with Crippen LogP contribution in [0.5, 0.6) is 0 Å². The molecule has 0 aliphatic heterocycles. The Kier molecular flexibility index (Phi) is 5.12. The third-order valence-electron chi connectivity index (χ3n) is 3.91. The van der Waals surface area contributed by atoms with Crippen molar-refractivity contribution < 1.29 is 14.3 Å². The normalized spacial score (nSPS) is 10.4. The summed E-state index contributed by atoms with van der Waals surface area (Å²) in [4.78, 5) is 27.1. The number of aromatic nitrogens is 2. The Morgan fingerprint density at radius 1 is 1.08 bits per heavy atom.